The lowest BCUT2D eigenvalue weighted by atomic mass is 10.1. The Kier molecular flexibility index (Phi) is 4.31. The molecule has 1 aromatic rings. The maximum absolute atomic E-state index is 11.9. The Labute approximate surface area is 106 Å². The summed E-state index contributed by atoms with van der Waals surface area (Å²) in [6.45, 7) is 3.42. The highest BCUT2D eigenvalue weighted by Gasteiger charge is 2.19. The lowest BCUT2D eigenvalue weighted by Gasteiger charge is -2.18. The molecule has 0 aliphatic carbocycles. The SMILES string of the molecule is Cc1ccc(C(=O)NC(C)C(=O)N(C)C)c(O)c1. The maximum Gasteiger partial charge on any atom is 0.255 e. The monoisotopic (exact) mass is 250 g/mol. The van der Waals surface area contributed by atoms with Gasteiger partial charge in [-0.3, -0.25) is 9.59 Å². The summed E-state index contributed by atoms with van der Waals surface area (Å²) in [7, 11) is 3.24. The Bertz CT molecular complexity index is 469. The number of benzene rings is 1. The van der Waals surface area contributed by atoms with Crippen molar-refractivity contribution in [1.82, 2.24) is 10.2 Å². The summed E-state index contributed by atoms with van der Waals surface area (Å²) < 4.78 is 0. The number of phenolic OH excluding ortho intramolecular Hbond substituents is 1. The highest BCUT2D eigenvalue weighted by molar-refractivity contribution is 5.99. The Balaban J connectivity index is 2.80. The summed E-state index contributed by atoms with van der Waals surface area (Å²) in [6, 6.07) is 4.14. The van der Waals surface area contributed by atoms with Gasteiger partial charge in [-0.25, -0.2) is 0 Å². The van der Waals surface area contributed by atoms with Crippen molar-refractivity contribution in [2.24, 2.45) is 0 Å². The first kappa shape index (κ1) is 14.0. The fourth-order valence-corrected chi connectivity index (χ4v) is 1.56. The van der Waals surface area contributed by atoms with Gasteiger partial charge in [0.15, 0.2) is 0 Å². The second-order valence-corrected chi connectivity index (χ2v) is 4.45. The third kappa shape index (κ3) is 3.23. The first-order chi connectivity index (χ1) is 8.32. The zero-order chi connectivity index (χ0) is 13.9. The number of amides is 2. The van der Waals surface area contributed by atoms with E-state index < -0.39 is 11.9 Å². The van der Waals surface area contributed by atoms with E-state index >= 15 is 0 Å². The molecule has 0 spiro atoms. The minimum absolute atomic E-state index is 0.0861. The van der Waals surface area contributed by atoms with Crippen LogP contribution in [0, 0.1) is 6.92 Å². The van der Waals surface area contributed by atoms with E-state index in [0.717, 1.165) is 5.56 Å². The second-order valence-electron chi connectivity index (χ2n) is 4.45. The van der Waals surface area contributed by atoms with Crippen molar-refractivity contribution in [3.8, 4) is 5.75 Å². The topological polar surface area (TPSA) is 69.6 Å². The number of aromatic hydroxyl groups is 1. The van der Waals surface area contributed by atoms with Crippen molar-refractivity contribution in [2.45, 2.75) is 19.9 Å². The van der Waals surface area contributed by atoms with Gasteiger partial charge in [-0.1, -0.05) is 6.07 Å². The molecule has 1 aromatic carbocycles. The van der Waals surface area contributed by atoms with Crippen molar-refractivity contribution >= 4 is 11.8 Å². The Morgan fingerprint density at radius 1 is 1.33 bits per heavy atom. The number of nitrogens with zero attached hydrogens (tertiary/aromatic N) is 1. The molecule has 2 amide bonds. The zero-order valence-electron chi connectivity index (χ0n) is 11.0. The number of likely N-dealkylation sites (N-methyl/N-ethyl adjacent to an activating group) is 1. The van der Waals surface area contributed by atoms with Gasteiger partial charge < -0.3 is 15.3 Å². The van der Waals surface area contributed by atoms with Crippen LogP contribution < -0.4 is 5.32 Å². The van der Waals surface area contributed by atoms with Crippen molar-refractivity contribution in [1.29, 1.82) is 0 Å². The van der Waals surface area contributed by atoms with E-state index in [1.165, 1.54) is 17.0 Å². The number of carbonyl (C=O) groups excluding carboxylic acids is 2. The van der Waals surface area contributed by atoms with Crippen molar-refractivity contribution in [3.05, 3.63) is 29.3 Å². The lowest BCUT2D eigenvalue weighted by molar-refractivity contribution is -0.130. The molecule has 0 aliphatic rings. The smallest absolute Gasteiger partial charge is 0.255 e. The Morgan fingerprint density at radius 2 is 1.94 bits per heavy atom. The van der Waals surface area contributed by atoms with Gasteiger partial charge in [0.2, 0.25) is 5.91 Å². The second kappa shape index (κ2) is 5.53. The highest BCUT2D eigenvalue weighted by Crippen LogP contribution is 2.18. The van der Waals surface area contributed by atoms with E-state index in [4.69, 9.17) is 0 Å². The summed E-state index contributed by atoms with van der Waals surface area (Å²) in [5.74, 6) is -0.748. The van der Waals surface area contributed by atoms with Crippen LogP contribution in [0.25, 0.3) is 0 Å². The molecule has 1 rings (SSSR count). The van der Waals surface area contributed by atoms with E-state index in [-0.39, 0.29) is 17.2 Å². The van der Waals surface area contributed by atoms with Crippen LogP contribution in [-0.2, 0) is 4.79 Å². The molecule has 0 heterocycles. The van der Waals surface area contributed by atoms with Crippen LogP contribution in [0.15, 0.2) is 18.2 Å². The molecular formula is C13H18N2O3. The quantitative estimate of drug-likeness (QED) is 0.837. The van der Waals surface area contributed by atoms with E-state index in [2.05, 4.69) is 5.32 Å². The van der Waals surface area contributed by atoms with Crippen LogP contribution in [0.5, 0.6) is 5.75 Å². The molecule has 0 fully saturated rings. The number of aryl methyl sites for hydroxylation is 1. The van der Waals surface area contributed by atoms with Crippen LogP contribution in [0.2, 0.25) is 0 Å². The summed E-state index contributed by atoms with van der Waals surface area (Å²) in [5, 5.41) is 12.2. The number of hydrogen-bond donors (Lipinski definition) is 2. The number of nitrogens with one attached hydrogen (secondary N) is 1. The summed E-state index contributed by atoms with van der Waals surface area (Å²) in [4.78, 5) is 24.9. The van der Waals surface area contributed by atoms with E-state index in [1.54, 1.807) is 27.1 Å². The van der Waals surface area contributed by atoms with Crippen LogP contribution in [0.1, 0.15) is 22.8 Å². The molecule has 98 valence electrons. The van der Waals surface area contributed by atoms with E-state index in [9.17, 15) is 14.7 Å². The van der Waals surface area contributed by atoms with Crippen molar-refractivity contribution < 1.29 is 14.7 Å². The van der Waals surface area contributed by atoms with Gasteiger partial charge >= 0.3 is 0 Å². The standard InChI is InChI=1S/C13H18N2O3/c1-8-5-6-10(11(16)7-8)12(17)14-9(2)13(18)15(3)4/h5-7,9,16H,1-4H3,(H,14,17). The van der Waals surface area contributed by atoms with Gasteiger partial charge in [-0.2, -0.15) is 0 Å². The minimum Gasteiger partial charge on any atom is -0.507 e. The number of rotatable bonds is 3. The van der Waals surface area contributed by atoms with E-state index in [0.29, 0.717) is 0 Å². The minimum atomic E-state index is -0.631. The van der Waals surface area contributed by atoms with Gasteiger partial charge in [-0.05, 0) is 31.5 Å². The zero-order valence-corrected chi connectivity index (χ0v) is 11.0. The third-order valence-corrected chi connectivity index (χ3v) is 2.56. The van der Waals surface area contributed by atoms with Gasteiger partial charge in [0.1, 0.15) is 11.8 Å². The molecule has 2 N–H and O–H groups in total. The first-order valence-electron chi connectivity index (χ1n) is 5.64. The molecule has 5 heteroatoms. The van der Waals surface area contributed by atoms with Gasteiger partial charge in [-0.15, -0.1) is 0 Å². The average molecular weight is 250 g/mol. The summed E-state index contributed by atoms with van der Waals surface area (Å²) in [6.07, 6.45) is 0. The first-order valence-corrected chi connectivity index (χ1v) is 5.64. The van der Waals surface area contributed by atoms with Crippen LogP contribution in [0.3, 0.4) is 0 Å². The van der Waals surface area contributed by atoms with E-state index in [1.807, 2.05) is 6.92 Å². The Morgan fingerprint density at radius 3 is 2.44 bits per heavy atom. The van der Waals surface area contributed by atoms with Crippen LogP contribution in [-0.4, -0.2) is 42.0 Å². The summed E-state index contributed by atoms with van der Waals surface area (Å²) in [5.41, 5.74) is 1.03. The van der Waals surface area contributed by atoms with Crippen molar-refractivity contribution in [3.63, 3.8) is 0 Å². The molecular weight excluding hydrogens is 232 g/mol. The summed E-state index contributed by atoms with van der Waals surface area (Å²) >= 11 is 0. The molecule has 5 nitrogen and oxygen atoms in total. The third-order valence-electron chi connectivity index (χ3n) is 2.56. The van der Waals surface area contributed by atoms with Crippen molar-refractivity contribution in [2.75, 3.05) is 14.1 Å². The molecule has 1 unspecified atom stereocenters. The number of carbonyl (C=O) groups is 2. The lowest BCUT2D eigenvalue weighted by Crippen LogP contribution is -2.44. The molecule has 0 bridgehead atoms. The fourth-order valence-electron chi connectivity index (χ4n) is 1.56. The van der Waals surface area contributed by atoms with Crippen LogP contribution >= 0.6 is 0 Å². The maximum atomic E-state index is 11.9. The average Bonchev–Trinajstić information content (AvgIpc) is 2.27. The molecule has 0 saturated heterocycles. The van der Waals surface area contributed by atoms with Gasteiger partial charge in [0.05, 0.1) is 5.56 Å². The normalized spacial score (nSPS) is 11.8. The van der Waals surface area contributed by atoms with Gasteiger partial charge in [0, 0.05) is 14.1 Å². The van der Waals surface area contributed by atoms with Crippen LogP contribution in [0.4, 0.5) is 0 Å². The largest absolute Gasteiger partial charge is 0.507 e. The number of phenols is 1. The van der Waals surface area contributed by atoms with Gasteiger partial charge in [0.25, 0.3) is 5.91 Å². The predicted molar refractivity (Wildman–Crippen MR) is 68.5 cm³/mol. The molecule has 0 aliphatic heterocycles. The fraction of sp³-hybridized carbons (Fsp3) is 0.385. The molecule has 18 heavy (non-hydrogen) atoms. The predicted octanol–water partition coefficient (Wildman–Crippen LogP) is 0.907. The molecule has 0 saturated carbocycles. The molecule has 0 radical (unpaired) electrons. The highest BCUT2D eigenvalue weighted by atomic mass is 16.3. The Hall–Kier alpha value is -2.04. The number of hydrogen-bond acceptors (Lipinski definition) is 3. The molecule has 0 aromatic heterocycles. The molecule has 1 atom stereocenters.